The smallest absolute Gasteiger partial charge is 0.289 e. The number of hydrogen-bond acceptors (Lipinski definition) is 5. The number of aromatic amines is 1. The second-order valence-electron chi connectivity index (χ2n) is 6.41. The quantitative estimate of drug-likeness (QED) is 0.518. The molecule has 0 unspecified atom stereocenters. The van der Waals surface area contributed by atoms with Gasteiger partial charge in [0, 0.05) is 42.4 Å². The summed E-state index contributed by atoms with van der Waals surface area (Å²) in [5.74, 6) is 0.618. The molecule has 0 aliphatic heterocycles. The molecule has 4 rings (SSSR count). The molecule has 9 heteroatoms. The predicted octanol–water partition coefficient (Wildman–Crippen LogP) is 3.37. The van der Waals surface area contributed by atoms with Gasteiger partial charge in [-0.05, 0) is 32.0 Å². The maximum absolute atomic E-state index is 12.3. The lowest BCUT2D eigenvalue weighted by molar-refractivity contribution is 0.0917. The third kappa shape index (κ3) is 3.63. The molecule has 0 aliphatic carbocycles. The van der Waals surface area contributed by atoms with Gasteiger partial charge < -0.3 is 14.8 Å². The zero-order chi connectivity index (χ0) is 19.7. The summed E-state index contributed by atoms with van der Waals surface area (Å²) in [6, 6.07) is 7.10. The number of hydrogen-bond donors (Lipinski definition) is 2. The number of imidazole rings is 1. The van der Waals surface area contributed by atoms with Gasteiger partial charge in [-0.25, -0.2) is 4.98 Å². The highest BCUT2D eigenvalue weighted by Gasteiger charge is 2.17. The molecular weight excluding hydrogens is 380 g/mol. The number of carbonyl (C=O) groups is 1. The van der Waals surface area contributed by atoms with Crippen LogP contribution in [0.1, 0.15) is 29.0 Å². The summed E-state index contributed by atoms with van der Waals surface area (Å²) in [6.45, 7) is 5.08. The number of carbonyl (C=O) groups excluding carboxylic acids is 1. The molecule has 2 N–H and O–H groups in total. The van der Waals surface area contributed by atoms with Crippen LogP contribution in [0.25, 0.3) is 22.3 Å². The van der Waals surface area contributed by atoms with Gasteiger partial charge in [0.2, 0.25) is 5.76 Å². The van der Waals surface area contributed by atoms with Crippen LogP contribution in [0.5, 0.6) is 0 Å². The van der Waals surface area contributed by atoms with Crippen molar-refractivity contribution in [1.82, 2.24) is 30.2 Å². The van der Waals surface area contributed by atoms with E-state index in [9.17, 15) is 4.79 Å². The maximum Gasteiger partial charge on any atom is 0.289 e. The van der Waals surface area contributed by atoms with Crippen LogP contribution < -0.4 is 5.32 Å². The lowest BCUT2D eigenvalue weighted by atomic mass is 10.2. The molecule has 0 atom stereocenters. The number of benzene rings is 1. The fourth-order valence-electron chi connectivity index (χ4n) is 2.98. The molecule has 1 amide bonds. The van der Waals surface area contributed by atoms with Crippen molar-refractivity contribution in [2.24, 2.45) is 0 Å². The van der Waals surface area contributed by atoms with E-state index in [1.165, 1.54) is 0 Å². The normalized spacial score (nSPS) is 11.2. The van der Waals surface area contributed by atoms with Gasteiger partial charge in [0.05, 0.1) is 16.7 Å². The lowest BCUT2D eigenvalue weighted by Gasteiger charge is -2.00. The summed E-state index contributed by atoms with van der Waals surface area (Å²) in [5, 5.41) is 11.9. The Morgan fingerprint density at radius 3 is 3.00 bits per heavy atom. The average Bonchev–Trinajstić information content (AvgIpc) is 3.38. The van der Waals surface area contributed by atoms with Gasteiger partial charge >= 0.3 is 0 Å². The van der Waals surface area contributed by atoms with Crippen molar-refractivity contribution < 1.29 is 9.32 Å². The van der Waals surface area contributed by atoms with E-state index in [1.807, 2.05) is 36.9 Å². The van der Waals surface area contributed by atoms with Crippen LogP contribution in [0, 0.1) is 6.92 Å². The van der Waals surface area contributed by atoms with Crippen molar-refractivity contribution in [3.05, 3.63) is 52.8 Å². The molecule has 4 aromatic rings. The average molecular weight is 399 g/mol. The van der Waals surface area contributed by atoms with Crippen LogP contribution in [0.15, 0.2) is 35.0 Å². The second kappa shape index (κ2) is 7.47. The lowest BCUT2D eigenvalue weighted by Crippen LogP contribution is -2.25. The number of nitrogens with one attached hydrogen (secondary N) is 2. The summed E-state index contributed by atoms with van der Waals surface area (Å²) in [7, 11) is 0. The topological polar surface area (TPSA) is 102 Å². The van der Waals surface area contributed by atoms with E-state index in [0.717, 1.165) is 34.7 Å². The first kappa shape index (κ1) is 18.2. The van der Waals surface area contributed by atoms with Gasteiger partial charge in [-0.1, -0.05) is 16.8 Å². The molecule has 0 aliphatic rings. The molecule has 1 aromatic carbocycles. The van der Waals surface area contributed by atoms with Gasteiger partial charge in [0.1, 0.15) is 11.5 Å². The number of rotatable bonds is 6. The van der Waals surface area contributed by atoms with Gasteiger partial charge in [-0.15, -0.1) is 0 Å². The monoisotopic (exact) mass is 398 g/mol. The fraction of sp³-hybridized carbons (Fsp3) is 0.263. The first-order valence-corrected chi connectivity index (χ1v) is 9.34. The Bertz CT molecular complexity index is 1140. The van der Waals surface area contributed by atoms with Gasteiger partial charge in [-0.2, -0.15) is 5.10 Å². The van der Waals surface area contributed by atoms with Crippen LogP contribution in [0.2, 0.25) is 5.02 Å². The zero-order valence-electron chi connectivity index (χ0n) is 15.5. The Kier molecular flexibility index (Phi) is 4.87. The molecule has 0 saturated carbocycles. The Hall–Kier alpha value is -3.13. The molecule has 0 spiro atoms. The predicted molar refractivity (Wildman–Crippen MR) is 105 cm³/mol. The number of aryl methyl sites for hydroxylation is 2. The van der Waals surface area contributed by atoms with E-state index in [2.05, 4.69) is 25.5 Å². The van der Waals surface area contributed by atoms with E-state index in [0.29, 0.717) is 23.7 Å². The molecule has 144 valence electrons. The summed E-state index contributed by atoms with van der Waals surface area (Å²) in [4.78, 5) is 20.0. The van der Waals surface area contributed by atoms with Crippen molar-refractivity contribution in [2.75, 3.05) is 6.54 Å². The summed E-state index contributed by atoms with van der Waals surface area (Å²) < 4.78 is 7.02. The van der Waals surface area contributed by atoms with E-state index < -0.39 is 0 Å². The number of amides is 1. The molecule has 3 heterocycles. The summed E-state index contributed by atoms with van der Waals surface area (Å²) >= 11 is 5.98. The van der Waals surface area contributed by atoms with Crippen LogP contribution in [0.3, 0.4) is 0 Å². The highest BCUT2D eigenvalue weighted by molar-refractivity contribution is 6.31. The van der Waals surface area contributed by atoms with E-state index >= 15 is 0 Å². The van der Waals surface area contributed by atoms with Crippen LogP contribution >= 0.6 is 11.6 Å². The van der Waals surface area contributed by atoms with Gasteiger partial charge in [-0.3, -0.25) is 9.48 Å². The minimum Gasteiger partial charge on any atom is -0.350 e. The van der Waals surface area contributed by atoms with Crippen molar-refractivity contribution in [2.45, 2.75) is 26.8 Å². The first-order chi connectivity index (χ1) is 13.5. The van der Waals surface area contributed by atoms with E-state index in [1.54, 1.807) is 12.1 Å². The standard InChI is InChI=1S/C19H19ClN6O2/c1-3-26-10-13(11(2)24-26)15-9-17(28-25-15)19(27)21-7-6-18-22-14-5-4-12(20)8-16(14)23-18/h4-5,8-10H,3,6-7H2,1-2H3,(H,21,27)(H,22,23). The zero-order valence-corrected chi connectivity index (χ0v) is 16.2. The Labute approximate surface area is 165 Å². The van der Waals surface area contributed by atoms with Crippen LogP contribution in [0.4, 0.5) is 0 Å². The van der Waals surface area contributed by atoms with E-state index in [4.69, 9.17) is 16.1 Å². The van der Waals surface area contributed by atoms with Crippen molar-refractivity contribution in [3.63, 3.8) is 0 Å². The molecule has 28 heavy (non-hydrogen) atoms. The number of aromatic nitrogens is 5. The first-order valence-electron chi connectivity index (χ1n) is 8.97. The number of halogens is 1. The van der Waals surface area contributed by atoms with Crippen LogP contribution in [-0.4, -0.2) is 37.4 Å². The fourth-order valence-corrected chi connectivity index (χ4v) is 3.15. The molecule has 3 aromatic heterocycles. The third-order valence-electron chi connectivity index (χ3n) is 4.42. The highest BCUT2D eigenvalue weighted by Crippen LogP contribution is 2.22. The van der Waals surface area contributed by atoms with Crippen molar-refractivity contribution in [3.8, 4) is 11.3 Å². The Morgan fingerprint density at radius 2 is 2.21 bits per heavy atom. The van der Waals surface area contributed by atoms with Crippen molar-refractivity contribution in [1.29, 1.82) is 0 Å². The Balaban J connectivity index is 1.38. The molecule has 0 saturated heterocycles. The SMILES string of the molecule is CCn1cc(-c2cc(C(=O)NCCc3nc4ccc(Cl)cc4[nH]3)on2)c(C)n1. The summed E-state index contributed by atoms with van der Waals surface area (Å²) in [5.41, 5.74) is 4.00. The molecule has 0 bridgehead atoms. The minimum absolute atomic E-state index is 0.162. The van der Waals surface area contributed by atoms with Gasteiger partial charge in [0.25, 0.3) is 5.91 Å². The second-order valence-corrected chi connectivity index (χ2v) is 6.85. The highest BCUT2D eigenvalue weighted by atomic mass is 35.5. The number of H-pyrrole nitrogens is 1. The molecular formula is C19H19ClN6O2. The largest absolute Gasteiger partial charge is 0.350 e. The minimum atomic E-state index is -0.321. The Morgan fingerprint density at radius 1 is 1.36 bits per heavy atom. The number of nitrogens with zero attached hydrogens (tertiary/aromatic N) is 4. The third-order valence-corrected chi connectivity index (χ3v) is 4.66. The summed E-state index contributed by atoms with van der Waals surface area (Å²) in [6.07, 6.45) is 2.45. The maximum atomic E-state index is 12.3. The molecule has 8 nitrogen and oxygen atoms in total. The van der Waals surface area contributed by atoms with E-state index in [-0.39, 0.29) is 11.7 Å². The molecule has 0 radical (unpaired) electrons. The molecule has 0 fully saturated rings. The number of fused-ring (bicyclic) bond motifs is 1. The van der Waals surface area contributed by atoms with Crippen molar-refractivity contribution >= 4 is 28.5 Å². The van der Waals surface area contributed by atoms with Crippen LogP contribution in [-0.2, 0) is 13.0 Å². The van der Waals surface area contributed by atoms with Gasteiger partial charge in [0.15, 0.2) is 0 Å².